The molecule has 0 saturated heterocycles. The number of aromatic nitrogens is 1. The number of hydrogen-bond donors (Lipinski definition) is 1. The van der Waals surface area contributed by atoms with Crippen LogP contribution in [0.5, 0.6) is 5.75 Å². The molecule has 26 heavy (non-hydrogen) atoms. The van der Waals surface area contributed by atoms with Crippen molar-refractivity contribution >= 4 is 23.9 Å². The summed E-state index contributed by atoms with van der Waals surface area (Å²) < 4.78 is 46.0. The van der Waals surface area contributed by atoms with E-state index in [1.165, 1.54) is 7.05 Å². The number of alkyl halides is 3. The van der Waals surface area contributed by atoms with Crippen molar-refractivity contribution in [1.29, 1.82) is 0 Å². The summed E-state index contributed by atoms with van der Waals surface area (Å²) in [6.07, 6.45) is -0.171. The van der Waals surface area contributed by atoms with Gasteiger partial charge in [-0.15, -0.1) is 12.6 Å². The lowest BCUT2D eigenvalue weighted by molar-refractivity contribution is -0.0921. The van der Waals surface area contributed by atoms with Gasteiger partial charge >= 0.3 is 6.18 Å². The molecule has 8 heteroatoms. The molecule has 0 saturated carbocycles. The Morgan fingerprint density at radius 2 is 2.08 bits per heavy atom. The summed E-state index contributed by atoms with van der Waals surface area (Å²) in [7, 11) is 3.03. The maximum Gasteiger partial charge on any atom is 0.433 e. The van der Waals surface area contributed by atoms with Gasteiger partial charge in [-0.2, -0.15) is 13.2 Å². The number of halogens is 3. The molecule has 0 aliphatic heterocycles. The van der Waals surface area contributed by atoms with E-state index in [-0.39, 0.29) is 5.71 Å². The van der Waals surface area contributed by atoms with E-state index in [9.17, 15) is 13.2 Å². The van der Waals surface area contributed by atoms with Crippen LogP contribution in [0.25, 0.3) is 0 Å². The third kappa shape index (κ3) is 5.26. The summed E-state index contributed by atoms with van der Waals surface area (Å²) in [6, 6.07) is 9.28. The molecule has 138 valence electrons. The first-order valence-corrected chi connectivity index (χ1v) is 8.10. The Balaban J connectivity index is 2.26. The van der Waals surface area contributed by atoms with Crippen molar-refractivity contribution in [3.63, 3.8) is 0 Å². The molecule has 0 bridgehead atoms. The van der Waals surface area contributed by atoms with Crippen molar-refractivity contribution in [3.8, 4) is 5.75 Å². The van der Waals surface area contributed by atoms with Crippen LogP contribution >= 0.6 is 12.6 Å². The van der Waals surface area contributed by atoms with Gasteiger partial charge in [-0.25, -0.2) is 4.99 Å². The Hall–Kier alpha value is -2.48. The van der Waals surface area contributed by atoms with Crippen LogP contribution in [0.2, 0.25) is 0 Å². The average Bonchev–Trinajstić information content (AvgIpc) is 3.06. The highest BCUT2D eigenvalue weighted by atomic mass is 32.1. The molecule has 0 unspecified atom stereocenters. The molecule has 4 nitrogen and oxygen atoms in total. The highest BCUT2D eigenvalue weighted by Crippen LogP contribution is 2.27. The highest BCUT2D eigenvalue weighted by molar-refractivity contribution is 7.94. The van der Waals surface area contributed by atoms with Gasteiger partial charge in [0, 0.05) is 31.5 Å². The fourth-order valence-corrected chi connectivity index (χ4v) is 2.46. The smallest absolute Gasteiger partial charge is 0.433 e. The van der Waals surface area contributed by atoms with E-state index in [1.54, 1.807) is 25.6 Å². The average molecular weight is 381 g/mol. The maximum absolute atomic E-state index is 13.0. The van der Waals surface area contributed by atoms with Gasteiger partial charge in [0.25, 0.3) is 0 Å². The van der Waals surface area contributed by atoms with E-state index < -0.39 is 11.9 Å². The number of rotatable bonds is 6. The van der Waals surface area contributed by atoms with Crippen molar-refractivity contribution in [2.75, 3.05) is 14.2 Å². The highest BCUT2D eigenvalue weighted by Gasteiger charge is 2.34. The summed E-state index contributed by atoms with van der Waals surface area (Å²) in [6.45, 7) is 0.554. The van der Waals surface area contributed by atoms with E-state index in [0.29, 0.717) is 12.1 Å². The lowest BCUT2D eigenvalue weighted by atomic mass is 10.1. The molecule has 0 radical (unpaired) electrons. The summed E-state index contributed by atoms with van der Waals surface area (Å²) in [5, 5.41) is 0. The standard InChI is InChI=1S/C18H18F3N3OS/c1-22-16(9-17(23-12-26)18(19,20)21)14-6-7-24(11-14)10-13-4-3-5-15(8-13)25-2/h3-9,11-12H,10H2,1-2H3,(H,23,26)/b17-9-,22-16+. The number of allylic oxidation sites excluding steroid dienone is 2. The lowest BCUT2D eigenvalue weighted by Crippen LogP contribution is -2.12. The molecule has 2 aromatic rings. The molecule has 2 rings (SSSR count). The zero-order chi connectivity index (χ0) is 19.2. The Bertz CT molecular complexity index is 838. The van der Waals surface area contributed by atoms with Gasteiger partial charge in [0.05, 0.1) is 18.4 Å². The maximum atomic E-state index is 13.0. The molecule has 1 aromatic heterocycles. The van der Waals surface area contributed by atoms with E-state index in [4.69, 9.17) is 4.74 Å². The van der Waals surface area contributed by atoms with Crippen LogP contribution in [0.15, 0.2) is 64.5 Å². The van der Waals surface area contributed by atoms with Gasteiger partial charge < -0.3 is 9.30 Å². The number of methoxy groups -OCH3 is 1. The van der Waals surface area contributed by atoms with E-state index in [2.05, 4.69) is 22.6 Å². The van der Waals surface area contributed by atoms with Crippen LogP contribution < -0.4 is 4.74 Å². The Morgan fingerprint density at radius 3 is 2.69 bits per heavy atom. The van der Waals surface area contributed by atoms with Crippen LogP contribution in [-0.2, 0) is 6.54 Å². The van der Waals surface area contributed by atoms with E-state index >= 15 is 0 Å². The molecule has 0 spiro atoms. The van der Waals surface area contributed by atoms with Crippen LogP contribution in [0.4, 0.5) is 13.2 Å². The minimum absolute atomic E-state index is 0.181. The van der Waals surface area contributed by atoms with Crippen molar-refractivity contribution in [2.24, 2.45) is 9.98 Å². The van der Waals surface area contributed by atoms with Crippen LogP contribution in [0, 0.1) is 0 Å². The third-order valence-electron chi connectivity index (χ3n) is 3.55. The van der Waals surface area contributed by atoms with Crippen LogP contribution in [-0.4, -0.2) is 36.2 Å². The Kier molecular flexibility index (Phi) is 6.68. The normalized spacial score (nSPS) is 13.5. The van der Waals surface area contributed by atoms with Gasteiger partial charge in [0.1, 0.15) is 11.4 Å². The molecule has 0 aliphatic carbocycles. The van der Waals surface area contributed by atoms with E-state index in [0.717, 1.165) is 22.9 Å². The molecule has 0 atom stereocenters. The second-order valence-electron chi connectivity index (χ2n) is 5.30. The molecular formula is C18H18F3N3OS. The number of nitrogens with zero attached hydrogens (tertiary/aromatic N) is 3. The molecule has 1 aromatic carbocycles. The van der Waals surface area contributed by atoms with Crippen molar-refractivity contribution in [3.05, 3.63) is 65.6 Å². The molecule has 0 fully saturated rings. The predicted molar refractivity (Wildman–Crippen MR) is 101 cm³/mol. The lowest BCUT2D eigenvalue weighted by Gasteiger charge is -2.07. The zero-order valence-electron chi connectivity index (χ0n) is 14.2. The molecule has 0 aliphatic rings. The largest absolute Gasteiger partial charge is 0.497 e. The fraction of sp³-hybridized carbons (Fsp3) is 0.222. The number of thiol groups is 1. The Morgan fingerprint density at radius 1 is 1.31 bits per heavy atom. The number of ether oxygens (including phenoxy) is 1. The Labute approximate surface area is 155 Å². The summed E-state index contributed by atoms with van der Waals surface area (Å²) in [4.78, 5) is 7.23. The first-order chi connectivity index (χ1) is 12.4. The summed E-state index contributed by atoms with van der Waals surface area (Å²) >= 11 is 3.62. The first kappa shape index (κ1) is 19.8. The predicted octanol–water partition coefficient (Wildman–Crippen LogP) is 4.37. The molecule has 1 heterocycles. The van der Waals surface area contributed by atoms with Crippen molar-refractivity contribution in [1.82, 2.24) is 4.57 Å². The monoisotopic (exact) mass is 381 g/mol. The zero-order valence-corrected chi connectivity index (χ0v) is 15.1. The van der Waals surface area contributed by atoms with Gasteiger partial charge in [-0.05, 0) is 29.8 Å². The van der Waals surface area contributed by atoms with Crippen molar-refractivity contribution < 1.29 is 17.9 Å². The number of aliphatic imine (C=N–C) groups is 2. The summed E-state index contributed by atoms with van der Waals surface area (Å²) in [5.74, 6) is 0.744. The minimum Gasteiger partial charge on any atom is -0.497 e. The SMILES string of the molecule is C\N=C(/C=C(\N=C\S)C(F)(F)F)c1ccn(Cc2cccc(OC)c2)c1. The number of benzene rings is 1. The second-order valence-corrected chi connectivity index (χ2v) is 5.54. The van der Waals surface area contributed by atoms with Gasteiger partial charge in [-0.3, -0.25) is 4.99 Å². The minimum atomic E-state index is -4.58. The molecular weight excluding hydrogens is 363 g/mol. The molecule has 0 N–H and O–H groups in total. The molecule has 0 amide bonds. The second kappa shape index (κ2) is 8.75. The van der Waals surface area contributed by atoms with Gasteiger partial charge in [0.15, 0.2) is 0 Å². The van der Waals surface area contributed by atoms with E-state index in [1.807, 2.05) is 28.8 Å². The van der Waals surface area contributed by atoms with Crippen LogP contribution in [0.3, 0.4) is 0 Å². The number of hydrogen-bond acceptors (Lipinski definition) is 3. The fourth-order valence-electron chi connectivity index (χ4n) is 2.33. The topological polar surface area (TPSA) is 38.9 Å². The van der Waals surface area contributed by atoms with Gasteiger partial charge in [-0.1, -0.05) is 12.1 Å². The van der Waals surface area contributed by atoms with Gasteiger partial charge in [0.2, 0.25) is 0 Å². The first-order valence-electron chi connectivity index (χ1n) is 7.59. The third-order valence-corrected chi connectivity index (χ3v) is 3.66. The van der Waals surface area contributed by atoms with Crippen molar-refractivity contribution in [2.45, 2.75) is 12.7 Å². The summed E-state index contributed by atoms with van der Waals surface area (Å²) in [5.41, 5.74) is 1.49. The van der Waals surface area contributed by atoms with Crippen LogP contribution in [0.1, 0.15) is 11.1 Å². The quantitative estimate of drug-likeness (QED) is 0.451.